The molecule has 0 aromatic carbocycles. The van der Waals surface area contributed by atoms with Crippen molar-refractivity contribution in [2.24, 2.45) is 5.92 Å². The maximum absolute atomic E-state index is 6.87. The molecule has 7 fully saturated rings. The van der Waals surface area contributed by atoms with Crippen molar-refractivity contribution in [3.05, 3.63) is 0 Å². The van der Waals surface area contributed by atoms with Gasteiger partial charge in [-0.2, -0.15) is 55.2 Å². The Kier molecular flexibility index (Phi) is 34.8. The number of anilines is 6. The molecule has 704 valence electrons. The molecule has 1 saturated carbocycles. The molecule has 8 heterocycles. The highest BCUT2D eigenvalue weighted by Crippen LogP contribution is 2.60. The van der Waals surface area contributed by atoms with Crippen molar-refractivity contribution in [2.45, 2.75) is 504 Å². The molecule has 2 aromatic rings. The number of rotatable bonds is 47. The lowest BCUT2D eigenvalue weighted by molar-refractivity contribution is -0.282. The van der Waals surface area contributed by atoms with Crippen molar-refractivity contribution < 1.29 is 28.9 Å². The van der Waals surface area contributed by atoms with E-state index < -0.39 is 5.72 Å². The summed E-state index contributed by atoms with van der Waals surface area (Å²) in [5.41, 5.74) is -3.26. The van der Waals surface area contributed by atoms with Gasteiger partial charge in [-0.05, 0) is 301 Å². The summed E-state index contributed by atoms with van der Waals surface area (Å²) in [5, 5.41) is 11.8. The summed E-state index contributed by atoms with van der Waals surface area (Å²) in [6, 6.07) is 0.785. The van der Waals surface area contributed by atoms with Crippen LogP contribution in [0.25, 0.3) is 0 Å². The standard InChI is InChI=1S/C98H186N18O6/c1-34-43-51-106(74-63-88(12,13)112(118-57-38-5)89(14,15)64-74)81-99-82(108(53-45-36-3)78-62-87(10,11)105(32)98(31,71-78)117-33)101-83(100-81)109(76-67-92(20,21)114(120-59-40-7)93(22,23)68-76)55-49-47-48-50-56-110(77-69-94(24,25)115(121-60-41-8)95(26,27)70-77)85-102-84(107(52-44-35-2)75-65-90(16,17)113(119-58-39-6)91(18,19)66-75)103-86(104-85)111(54-46-37-4)80-73-96(28,29)116(122-61-42-9)97(30)72-79(80)97/h74-80H,34-73H2,1-33H3. The van der Waals surface area contributed by atoms with Crippen molar-refractivity contribution in [2.75, 3.05) is 116 Å². The van der Waals surface area contributed by atoms with E-state index >= 15 is 0 Å². The van der Waals surface area contributed by atoms with Crippen LogP contribution >= 0.6 is 0 Å². The van der Waals surface area contributed by atoms with Gasteiger partial charge in [0.2, 0.25) is 35.7 Å². The van der Waals surface area contributed by atoms with Gasteiger partial charge in [-0.3, -0.25) is 29.1 Å². The Balaban J connectivity index is 1.19. The number of ether oxygens (including phenoxy) is 1. The van der Waals surface area contributed by atoms with E-state index in [1.165, 1.54) is 0 Å². The molecular formula is C98H186N18O6. The van der Waals surface area contributed by atoms with Gasteiger partial charge in [-0.15, -0.1) is 0 Å². The molecule has 7 aliphatic rings. The predicted molar refractivity (Wildman–Crippen MR) is 506 cm³/mol. The van der Waals surface area contributed by atoms with Crippen LogP contribution in [-0.2, 0) is 28.9 Å². The summed E-state index contributed by atoms with van der Waals surface area (Å²) in [7, 11) is 4.14. The van der Waals surface area contributed by atoms with Crippen molar-refractivity contribution in [1.82, 2.24) is 60.1 Å². The van der Waals surface area contributed by atoms with Crippen molar-refractivity contribution >= 4 is 35.7 Å². The number of nitrogens with zero attached hydrogens (tertiary/aromatic N) is 18. The molecular weight excluding hydrogens is 1530 g/mol. The maximum Gasteiger partial charge on any atom is 0.232 e. The van der Waals surface area contributed by atoms with Crippen LogP contribution in [0.5, 0.6) is 0 Å². The van der Waals surface area contributed by atoms with Gasteiger partial charge in [0.15, 0.2) is 0 Å². The summed E-state index contributed by atoms with van der Waals surface area (Å²) >= 11 is 0. The first-order valence-electron chi connectivity index (χ1n) is 49.7. The van der Waals surface area contributed by atoms with Gasteiger partial charge in [-0.1, -0.05) is 101 Å². The molecule has 5 unspecified atom stereocenters. The molecule has 0 N–H and O–H groups in total. The fourth-order valence-electron chi connectivity index (χ4n) is 24.1. The van der Waals surface area contributed by atoms with E-state index in [0.717, 1.165) is 268 Å². The number of fused-ring (bicyclic) bond motifs is 1. The number of hydrogen-bond acceptors (Lipinski definition) is 24. The zero-order valence-corrected chi connectivity index (χ0v) is 84.8. The number of piperidine rings is 6. The largest absolute Gasteiger partial charge is 0.364 e. The second-order valence-electron chi connectivity index (χ2n) is 45.4. The molecule has 24 heteroatoms. The second-order valence-corrected chi connectivity index (χ2v) is 45.4. The molecule has 24 nitrogen and oxygen atoms in total. The normalized spacial score (nSPS) is 26.8. The monoisotopic (exact) mass is 1710 g/mol. The van der Waals surface area contributed by atoms with E-state index in [4.69, 9.17) is 58.8 Å². The number of likely N-dealkylation sites (tertiary alicyclic amines) is 1. The molecule has 9 rings (SSSR count). The van der Waals surface area contributed by atoms with Crippen molar-refractivity contribution in [3.8, 4) is 0 Å². The van der Waals surface area contributed by atoms with Crippen LogP contribution in [0.15, 0.2) is 0 Å². The lowest BCUT2D eigenvalue weighted by atomic mass is 9.78. The SMILES string of the molecule is CCCCN(c1nc(N(CCCCCCN(c2nc(N(CCCC)C3CC(C)(C)N(OCCC)C(C)(C)C3)nc(N(CCCC)C3CC(C)(C)N(OCCC)C4(C)CC34)n2)C2CC(C)(C)N(OCCC)C(C)(C)C2)C2CC(C)(C)N(OCCC)C(C)(C)C2)nc(N(CCCC)C2CC(C)(C)N(C)C(C)(OC)C2)n1)C1CC(C)(C)N(OCCC)C(C)(C)C1. The van der Waals surface area contributed by atoms with Gasteiger partial charge in [0.05, 0.1) is 33.0 Å². The first kappa shape index (κ1) is 102. The fraction of sp³-hybridized carbons (Fsp3) is 0.939. The minimum Gasteiger partial charge on any atom is -0.364 e. The molecule has 0 amide bonds. The first-order valence-corrected chi connectivity index (χ1v) is 49.7. The fourth-order valence-corrected chi connectivity index (χ4v) is 24.1. The molecule has 1 aliphatic carbocycles. The minimum absolute atomic E-state index is 0.0877. The molecule has 6 aliphatic heterocycles. The van der Waals surface area contributed by atoms with E-state index in [1.807, 2.05) is 7.11 Å². The van der Waals surface area contributed by atoms with E-state index in [2.05, 4.69) is 281 Å². The third-order valence-corrected chi connectivity index (χ3v) is 29.2. The zero-order valence-electron chi connectivity index (χ0n) is 84.8. The lowest BCUT2D eigenvalue weighted by Crippen LogP contribution is -2.65. The summed E-state index contributed by atoms with van der Waals surface area (Å²) in [6.45, 7) is 81.5. The van der Waals surface area contributed by atoms with Crippen LogP contribution in [0.4, 0.5) is 35.7 Å². The average Bonchev–Trinajstić information content (AvgIpc) is 1.52. The Morgan fingerprint density at radius 3 is 0.738 bits per heavy atom. The Morgan fingerprint density at radius 1 is 0.262 bits per heavy atom. The van der Waals surface area contributed by atoms with E-state index in [-0.39, 0.29) is 97.2 Å². The van der Waals surface area contributed by atoms with Gasteiger partial charge >= 0.3 is 0 Å². The van der Waals surface area contributed by atoms with Crippen LogP contribution in [0.2, 0.25) is 0 Å². The first-order chi connectivity index (χ1) is 57.1. The Labute approximate surface area is 746 Å². The van der Waals surface area contributed by atoms with Crippen LogP contribution in [0.3, 0.4) is 0 Å². The average molecular weight is 1710 g/mol. The zero-order chi connectivity index (χ0) is 90.2. The number of aromatic nitrogens is 6. The van der Waals surface area contributed by atoms with Crippen LogP contribution in [-0.4, -0.2) is 249 Å². The maximum atomic E-state index is 6.87. The predicted octanol–water partition coefficient (Wildman–Crippen LogP) is 21.0. The lowest BCUT2D eigenvalue weighted by Gasteiger charge is -2.56. The third-order valence-electron chi connectivity index (χ3n) is 29.2. The van der Waals surface area contributed by atoms with Crippen LogP contribution < -0.4 is 29.4 Å². The minimum atomic E-state index is -0.506. The Bertz CT molecular complexity index is 3460. The highest BCUT2D eigenvalue weighted by Gasteiger charge is 2.67. The summed E-state index contributed by atoms with van der Waals surface area (Å²) in [5.74, 6) is 5.21. The molecule has 0 radical (unpaired) electrons. The summed E-state index contributed by atoms with van der Waals surface area (Å²) in [4.78, 5) is 88.6. The highest BCUT2D eigenvalue weighted by atomic mass is 16.7. The summed E-state index contributed by atoms with van der Waals surface area (Å²) in [6.07, 6.45) is 28.0. The summed E-state index contributed by atoms with van der Waals surface area (Å²) < 4.78 is 6.60. The van der Waals surface area contributed by atoms with E-state index in [9.17, 15) is 0 Å². The van der Waals surface area contributed by atoms with Gasteiger partial charge in [0, 0.05) is 156 Å². The number of hydroxylamine groups is 10. The molecule has 2 aromatic heterocycles. The van der Waals surface area contributed by atoms with Crippen LogP contribution in [0, 0.1) is 5.92 Å². The van der Waals surface area contributed by atoms with Gasteiger partial charge in [0.1, 0.15) is 5.72 Å². The number of hydrogen-bond donors (Lipinski definition) is 0. The van der Waals surface area contributed by atoms with Gasteiger partial charge in [-0.25, -0.2) is 0 Å². The quantitative estimate of drug-likeness (QED) is 0.0572. The molecule has 0 spiro atoms. The molecule has 122 heavy (non-hydrogen) atoms. The van der Waals surface area contributed by atoms with Gasteiger partial charge in [0.25, 0.3) is 0 Å². The molecule has 6 saturated heterocycles. The topological polar surface area (TPSA) is 172 Å². The van der Waals surface area contributed by atoms with Crippen molar-refractivity contribution in [1.29, 1.82) is 0 Å². The molecule has 0 bridgehead atoms. The van der Waals surface area contributed by atoms with Crippen LogP contribution in [0.1, 0.15) is 401 Å². The number of unbranched alkanes of at least 4 members (excludes halogenated alkanes) is 7. The third kappa shape index (κ3) is 23.6. The Morgan fingerprint density at radius 2 is 0.484 bits per heavy atom. The second kappa shape index (κ2) is 41.6. The highest BCUT2D eigenvalue weighted by molar-refractivity contribution is 5.52. The van der Waals surface area contributed by atoms with Gasteiger partial charge < -0.3 is 34.1 Å². The van der Waals surface area contributed by atoms with Crippen molar-refractivity contribution in [3.63, 3.8) is 0 Å². The van der Waals surface area contributed by atoms with E-state index in [0.29, 0.717) is 32.3 Å². The Hall–Kier alpha value is -3.66. The smallest absolute Gasteiger partial charge is 0.232 e. The van der Waals surface area contributed by atoms with E-state index in [1.54, 1.807) is 0 Å². The molecule has 5 atom stereocenters. The number of methoxy groups -OCH3 is 1.